The smallest absolute Gasteiger partial charge is 0.407 e. The van der Waals surface area contributed by atoms with E-state index in [1.807, 2.05) is 12.1 Å². The van der Waals surface area contributed by atoms with Gasteiger partial charge in [-0.25, -0.2) is 4.79 Å². The number of benzene rings is 1. The Kier molecular flexibility index (Phi) is 2.50. The van der Waals surface area contributed by atoms with Crippen LogP contribution in [0.15, 0.2) is 28.7 Å². The molecule has 4 nitrogen and oxygen atoms in total. The molecule has 0 spiro atoms. The maximum atomic E-state index is 11.0. The van der Waals surface area contributed by atoms with Crippen LogP contribution in [0.4, 0.5) is 10.5 Å². The largest absolute Gasteiger partial charge is 0.465 e. The van der Waals surface area contributed by atoms with E-state index in [9.17, 15) is 4.79 Å². The highest BCUT2D eigenvalue weighted by molar-refractivity contribution is 9.10. The molecule has 2 unspecified atom stereocenters. The highest BCUT2D eigenvalue weighted by atomic mass is 79.9. The summed E-state index contributed by atoms with van der Waals surface area (Å²) >= 11 is 3.42. The maximum absolute atomic E-state index is 11.0. The van der Waals surface area contributed by atoms with E-state index in [-0.39, 0.29) is 6.04 Å². The molecule has 1 aromatic carbocycles. The molecule has 2 aliphatic rings. The second-order valence-corrected chi connectivity index (χ2v) is 5.52. The minimum Gasteiger partial charge on any atom is -0.465 e. The van der Waals surface area contributed by atoms with Gasteiger partial charge in [-0.3, -0.25) is 0 Å². The number of carboxylic acid groups (broad SMARTS) is 1. The van der Waals surface area contributed by atoms with Gasteiger partial charge in [0.1, 0.15) is 0 Å². The molecule has 1 aromatic rings. The fraction of sp³-hybridized carbons (Fsp3) is 0.417. The molecule has 0 saturated carbocycles. The molecule has 0 radical (unpaired) electrons. The molecular weight excluding hydrogens is 284 g/mol. The normalized spacial score (nSPS) is 26.6. The number of fused-ring (bicyclic) bond motifs is 2. The van der Waals surface area contributed by atoms with Crippen molar-refractivity contribution in [2.24, 2.45) is 0 Å². The van der Waals surface area contributed by atoms with Gasteiger partial charge in [-0.15, -0.1) is 0 Å². The van der Waals surface area contributed by atoms with Crippen LogP contribution in [0, 0.1) is 0 Å². The number of likely N-dealkylation sites (tertiary alicyclic amines) is 1. The van der Waals surface area contributed by atoms with Gasteiger partial charge in [-0.1, -0.05) is 15.9 Å². The summed E-state index contributed by atoms with van der Waals surface area (Å²) in [5, 5.41) is 9.03. The number of amides is 1. The van der Waals surface area contributed by atoms with Gasteiger partial charge in [0.25, 0.3) is 0 Å². The molecule has 2 heterocycles. The summed E-state index contributed by atoms with van der Waals surface area (Å²) in [6, 6.07) is 8.72. The van der Waals surface area contributed by atoms with E-state index in [0.717, 1.165) is 17.4 Å². The number of piperazine rings is 1. The third kappa shape index (κ3) is 1.78. The fourth-order valence-electron chi connectivity index (χ4n) is 2.85. The first-order chi connectivity index (χ1) is 8.15. The molecule has 2 fully saturated rings. The number of hydrogen-bond acceptors (Lipinski definition) is 2. The summed E-state index contributed by atoms with van der Waals surface area (Å²) in [7, 11) is 0. The summed E-state index contributed by atoms with van der Waals surface area (Å²) < 4.78 is 1.07. The predicted octanol–water partition coefficient (Wildman–Crippen LogP) is 2.39. The third-order valence-electron chi connectivity index (χ3n) is 3.64. The van der Waals surface area contributed by atoms with Crippen molar-refractivity contribution >= 4 is 27.7 Å². The van der Waals surface area contributed by atoms with E-state index in [0.29, 0.717) is 12.6 Å². The van der Waals surface area contributed by atoms with Crippen LogP contribution in [0.3, 0.4) is 0 Å². The van der Waals surface area contributed by atoms with Crippen molar-refractivity contribution in [1.29, 1.82) is 0 Å². The second-order valence-electron chi connectivity index (χ2n) is 4.61. The lowest BCUT2D eigenvalue weighted by molar-refractivity contribution is 0.137. The summed E-state index contributed by atoms with van der Waals surface area (Å²) in [4.78, 5) is 14.9. The van der Waals surface area contributed by atoms with E-state index in [2.05, 4.69) is 33.0 Å². The zero-order valence-corrected chi connectivity index (χ0v) is 10.8. The summed E-state index contributed by atoms with van der Waals surface area (Å²) in [5.74, 6) is 0. The molecule has 0 aliphatic carbocycles. The van der Waals surface area contributed by atoms with Crippen LogP contribution in [0.5, 0.6) is 0 Å². The van der Waals surface area contributed by atoms with Crippen LogP contribution >= 0.6 is 15.9 Å². The van der Waals surface area contributed by atoms with Crippen LogP contribution in [-0.4, -0.2) is 41.3 Å². The van der Waals surface area contributed by atoms with Crippen LogP contribution in [0.1, 0.15) is 6.42 Å². The molecule has 1 amide bonds. The van der Waals surface area contributed by atoms with Gasteiger partial charge in [-0.2, -0.15) is 0 Å². The number of nitrogens with zero attached hydrogens (tertiary/aromatic N) is 2. The van der Waals surface area contributed by atoms with E-state index in [4.69, 9.17) is 5.11 Å². The Morgan fingerprint density at radius 1 is 1.24 bits per heavy atom. The van der Waals surface area contributed by atoms with Gasteiger partial charge in [0, 0.05) is 29.3 Å². The molecule has 1 N–H and O–H groups in total. The van der Waals surface area contributed by atoms with E-state index in [1.54, 1.807) is 4.90 Å². The van der Waals surface area contributed by atoms with E-state index >= 15 is 0 Å². The average Bonchev–Trinajstić information content (AvgIpc) is 2.89. The Labute approximate surface area is 108 Å². The van der Waals surface area contributed by atoms with Gasteiger partial charge in [0.15, 0.2) is 0 Å². The van der Waals surface area contributed by atoms with Gasteiger partial charge in [-0.05, 0) is 30.7 Å². The SMILES string of the molecule is O=C(O)N1CC2CC1CN2c1ccc(Br)cc1. The molecule has 2 aliphatic heterocycles. The first-order valence-corrected chi connectivity index (χ1v) is 6.46. The Balaban J connectivity index is 1.78. The van der Waals surface area contributed by atoms with Crippen molar-refractivity contribution in [2.75, 3.05) is 18.0 Å². The first kappa shape index (κ1) is 10.9. The predicted molar refractivity (Wildman–Crippen MR) is 68.4 cm³/mol. The number of rotatable bonds is 1. The summed E-state index contributed by atoms with van der Waals surface area (Å²) in [6.45, 7) is 1.45. The summed E-state index contributed by atoms with van der Waals surface area (Å²) in [5.41, 5.74) is 1.19. The molecule has 17 heavy (non-hydrogen) atoms. The highest BCUT2D eigenvalue weighted by Gasteiger charge is 2.45. The van der Waals surface area contributed by atoms with Crippen molar-refractivity contribution in [3.63, 3.8) is 0 Å². The second kappa shape index (κ2) is 3.91. The molecule has 5 heteroatoms. The lowest BCUT2D eigenvalue weighted by Gasteiger charge is -2.34. The summed E-state index contributed by atoms with van der Waals surface area (Å²) in [6.07, 6.45) is 0.176. The monoisotopic (exact) mass is 296 g/mol. The molecule has 90 valence electrons. The average molecular weight is 297 g/mol. The highest BCUT2D eigenvalue weighted by Crippen LogP contribution is 2.34. The van der Waals surface area contributed by atoms with Crippen LogP contribution in [0.2, 0.25) is 0 Å². The minimum atomic E-state index is -0.784. The van der Waals surface area contributed by atoms with Crippen molar-refractivity contribution in [3.8, 4) is 0 Å². The van der Waals surface area contributed by atoms with E-state index < -0.39 is 6.09 Å². The van der Waals surface area contributed by atoms with Gasteiger partial charge >= 0.3 is 6.09 Å². The standard InChI is InChI=1S/C12H13BrN2O2/c13-8-1-3-9(4-2-8)14-6-11-5-10(14)7-15(11)12(16)17/h1-4,10-11H,5-7H2,(H,16,17). The fourth-order valence-corrected chi connectivity index (χ4v) is 3.11. The van der Waals surface area contributed by atoms with Crippen LogP contribution in [-0.2, 0) is 0 Å². The van der Waals surface area contributed by atoms with Crippen LogP contribution < -0.4 is 4.90 Å². The molecule has 0 aromatic heterocycles. The lowest BCUT2D eigenvalue weighted by Crippen LogP contribution is -2.48. The van der Waals surface area contributed by atoms with E-state index in [1.165, 1.54) is 5.69 Å². The Bertz CT molecular complexity index is 448. The zero-order chi connectivity index (χ0) is 12.0. The lowest BCUT2D eigenvalue weighted by atomic mass is 10.2. The van der Waals surface area contributed by atoms with Gasteiger partial charge < -0.3 is 14.9 Å². The van der Waals surface area contributed by atoms with Crippen molar-refractivity contribution < 1.29 is 9.90 Å². The van der Waals surface area contributed by atoms with Gasteiger partial charge in [0.05, 0.1) is 6.04 Å². The maximum Gasteiger partial charge on any atom is 0.407 e. The van der Waals surface area contributed by atoms with Gasteiger partial charge in [0.2, 0.25) is 0 Å². The topological polar surface area (TPSA) is 43.8 Å². The minimum absolute atomic E-state index is 0.168. The van der Waals surface area contributed by atoms with Crippen molar-refractivity contribution in [1.82, 2.24) is 4.90 Å². The first-order valence-electron chi connectivity index (χ1n) is 5.67. The quantitative estimate of drug-likeness (QED) is 0.865. The molecular formula is C12H13BrN2O2. The Morgan fingerprint density at radius 2 is 1.94 bits per heavy atom. The van der Waals surface area contributed by atoms with Crippen molar-refractivity contribution in [2.45, 2.75) is 18.5 Å². The number of carbonyl (C=O) groups is 1. The number of anilines is 1. The zero-order valence-electron chi connectivity index (χ0n) is 9.21. The number of halogens is 1. The molecule has 2 atom stereocenters. The molecule has 3 rings (SSSR count). The Morgan fingerprint density at radius 3 is 2.47 bits per heavy atom. The molecule has 2 saturated heterocycles. The third-order valence-corrected chi connectivity index (χ3v) is 4.17. The Hall–Kier alpha value is -1.23. The number of hydrogen-bond donors (Lipinski definition) is 1. The molecule has 2 bridgehead atoms. The van der Waals surface area contributed by atoms with Crippen molar-refractivity contribution in [3.05, 3.63) is 28.7 Å². The van der Waals surface area contributed by atoms with Crippen LogP contribution in [0.25, 0.3) is 0 Å².